The van der Waals surface area contributed by atoms with Crippen LogP contribution in [-0.4, -0.2) is 36.9 Å². The van der Waals surface area contributed by atoms with Crippen molar-refractivity contribution in [3.63, 3.8) is 0 Å². The lowest BCUT2D eigenvalue weighted by atomic mass is 10.1. The molecule has 122 valence electrons. The molecule has 0 fully saturated rings. The summed E-state index contributed by atoms with van der Waals surface area (Å²) in [5.74, 6) is 0.144. The average molecular weight is 306 g/mol. The van der Waals surface area contributed by atoms with Gasteiger partial charge in [0.1, 0.15) is 5.75 Å². The summed E-state index contributed by atoms with van der Waals surface area (Å²) < 4.78 is 5.10. The molecule has 22 heavy (non-hydrogen) atoms. The molecule has 2 amide bonds. The largest absolute Gasteiger partial charge is 0.497 e. The molecule has 0 atom stereocenters. The minimum Gasteiger partial charge on any atom is -0.497 e. The van der Waals surface area contributed by atoms with Crippen molar-refractivity contribution in [3.05, 3.63) is 24.3 Å². The van der Waals surface area contributed by atoms with Crippen LogP contribution in [0.5, 0.6) is 5.75 Å². The molecule has 0 aromatic heterocycles. The summed E-state index contributed by atoms with van der Waals surface area (Å²) in [4.78, 5) is 26.1. The summed E-state index contributed by atoms with van der Waals surface area (Å²) in [6.45, 7) is 9.26. The molecule has 0 aliphatic carbocycles. The number of amides is 2. The number of methoxy groups -OCH3 is 1. The molecule has 1 aromatic carbocycles. The molecule has 1 N–H and O–H groups in total. The molecule has 0 spiro atoms. The van der Waals surface area contributed by atoms with Gasteiger partial charge in [-0.25, -0.2) is 0 Å². The molecule has 5 nitrogen and oxygen atoms in total. The Morgan fingerprint density at radius 1 is 1.14 bits per heavy atom. The fourth-order valence-corrected chi connectivity index (χ4v) is 2.15. The Hall–Kier alpha value is -2.04. The molecular formula is C17H26N2O3. The molecule has 0 saturated heterocycles. The van der Waals surface area contributed by atoms with Crippen molar-refractivity contribution in [3.8, 4) is 5.75 Å². The van der Waals surface area contributed by atoms with Gasteiger partial charge in [0.25, 0.3) is 0 Å². The number of rotatable bonds is 6. The highest BCUT2D eigenvalue weighted by Crippen LogP contribution is 2.17. The van der Waals surface area contributed by atoms with E-state index in [1.807, 2.05) is 27.7 Å². The fourth-order valence-electron chi connectivity index (χ4n) is 2.15. The molecule has 0 saturated carbocycles. The highest BCUT2D eigenvalue weighted by Gasteiger charge is 2.23. The van der Waals surface area contributed by atoms with Crippen molar-refractivity contribution in [1.29, 1.82) is 0 Å². The fraction of sp³-hybridized carbons (Fsp3) is 0.529. The third kappa shape index (κ3) is 5.76. The molecular weight excluding hydrogens is 280 g/mol. The van der Waals surface area contributed by atoms with Crippen LogP contribution in [0.3, 0.4) is 0 Å². The number of hydrogen-bond donors (Lipinski definition) is 1. The standard InChI is InChI=1S/C17H26N2O3/c1-12(2)10-19(11-13(3)4)17(21)16(20)18-14-7-6-8-15(9-14)22-5/h6-9,12-13H,10-11H2,1-5H3,(H,18,20). The Balaban J connectivity index is 2.77. The predicted octanol–water partition coefficient (Wildman–Crippen LogP) is 2.77. The van der Waals surface area contributed by atoms with Crippen LogP contribution in [0, 0.1) is 11.8 Å². The zero-order valence-corrected chi connectivity index (χ0v) is 14.1. The molecule has 0 aliphatic heterocycles. The topological polar surface area (TPSA) is 58.6 Å². The van der Waals surface area contributed by atoms with Gasteiger partial charge in [0, 0.05) is 24.8 Å². The molecule has 1 rings (SSSR count). The van der Waals surface area contributed by atoms with E-state index in [0.717, 1.165) is 0 Å². The van der Waals surface area contributed by atoms with E-state index in [-0.39, 0.29) is 0 Å². The number of nitrogens with zero attached hydrogens (tertiary/aromatic N) is 1. The number of anilines is 1. The Bertz CT molecular complexity index is 502. The average Bonchev–Trinajstić information content (AvgIpc) is 2.45. The maximum Gasteiger partial charge on any atom is 0.313 e. The second-order valence-electron chi connectivity index (χ2n) is 6.18. The zero-order chi connectivity index (χ0) is 16.7. The minimum absolute atomic E-state index is 0.312. The smallest absolute Gasteiger partial charge is 0.313 e. The molecule has 0 unspecified atom stereocenters. The van der Waals surface area contributed by atoms with Crippen LogP contribution in [-0.2, 0) is 9.59 Å². The molecule has 0 bridgehead atoms. The summed E-state index contributed by atoms with van der Waals surface area (Å²) in [6, 6.07) is 6.95. The van der Waals surface area contributed by atoms with Crippen LogP contribution in [0.4, 0.5) is 5.69 Å². The van der Waals surface area contributed by atoms with Gasteiger partial charge in [-0.1, -0.05) is 33.8 Å². The van der Waals surface area contributed by atoms with Gasteiger partial charge < -0.3 is 15.0 Å². The van der Waals surface area contributed by atoms with Gasteiger partial charge in [0.15, 0.2) is 0 Å². The normalized spacial score (nSPS) is 10.7. The molecule has 5 heteroatoms. The van der Waals surface area contributed by atoms with Crippen LogP contribution in [0.25, 0.3) is 0 Å². The van der Waals surface area contributed by atoms with Gasteiger partial charge in [-0.3, -0.25) is 9.59 Å². The van der Waals surface area contributed by atoms with Gasteiger partial charge in [-0.2, -0.15) is 0 Å². The first kappa shape index (κ1) is 18.0. The maximum absolute atomic E-state index is 12.4. The van der Waals surface area contributed by atoms with Gasteiger partial charge in [-0.05, 0) is 24.0 Å². The number of benzene rings is 1. The Morgan fingerprint density at radius 2 is 1.73 bits per heavy atom. The predicted molar refractivity (Wildman–Crippen MR) is 87.9 cm³/mol. The highest BCUT2D eigenvalue weighted by molar-refractivity contribution is 6.39. The molecule has 0 aliphatic rings. The van der Waals surface area contributed by atoms with E-state index in [1.54, 1.807) is 36.3 Å². The summed E-state index contributed by atoms with van der Waals surface area (Å²) >= 11 is 0. The van der Waals surface area contributed by atoms with Crippen molar-refractivity contribution < 1.29 is 14.3 Å². The van der Waals surface area contributed by atoms with E-state index in [1.165, 1.54) is 0 Å². The van der Waals surface area contributed by atoms with E-state index < -0.39 is 11.8 Å². The van der Waals surface area contributed by atoms with Gasteiger partial charge in [0.05, 0.1) is 7.11 Å². The van der Waals surface area contributed by atoms with Crippen molar-refractivity contribution in [2.75, 3.05) is 25.5 Å². The van der Waals surface area contributed by atoms with E-state index in [0.29, 0.717) is 36.4 Å². The quantitative estimate of drug-likeness (QED) is 0.822. The molecule has 0 radical (unpaired) electrons. The summed E-state index contributed by atoms with van der Waals surface area (Å²) in [7, 11) is 1.55. The first-order valence-electron chi connectivity index (χ1n) is 7.57. The lowest BCUT2D eigenvalue weighted by Crippen LogP contribution is -2.43. The van der Waals surface area contributed by atoms with Crippen LogP contribution in [0.1, 0.15) is 27.7 Å². The van der Waals surface area contributed by atoms with Crippen LogP contribution < -0.4 is 10.1 Å². The number of hydrogen-bond acceptors (Lipinski definition) is 3. The monoisotopic (exact) mass is 306 g/mol. The van der Waals surface area contributed by atoms with E-state index >= 15 is 0 Å². The lowest BCUT2D eigenvalue weighted by Gasteiger charge is -2.25. The number of nitrogens with one attached hydrogen (secondary N) is 1. The molecule has 1 aromatic rings. The maximum atomic E-state index is 12.4. The van der Waals surface area contributed by atoms with E-state index in [4.69, 9.17) is 4.74 Å². The Labute approximate surface area is 132 Å². The van der Waals surface area contributed by atoms with Crippen molar-refractivity contribution in [2.24, 2.45) is 11.8 Å². The van der Waals surface area contributed by atoms with Crippen molar-refractivity contribution in [1.82, 2.24) is 4.90 Å². The van der Waals surface area contributed by atoms with Crippen molar-refractivity contribution >= 4 is 17.5 Å². The zero-order valence-electron chi connectivity index (χ0n) is 14.1. The highest BCUT2D eigenvalue weighted by atomic mass is 16.5. The van der Waals surface area contributed by atoms with Gasteiger partial charge in [-0.15, -0.1) is 0 Å². The number of ether oxygens (including phenoxy) is 1. The second-order valence-corrected chi connectivity index (χ2v) is 6.18. The lowest BCUT2D eigenvalue weighted by molar-refractivity contribution is -0.143. The van der Waals surface area contributed by atoms with Crippen LogP contribution in [0.2, 0.25) is 0 Å². The minimum atomic E-state index is -0.616. The summed E-state index contributed by atoms with van der Waals surface area (Å²) in [5, 5.41) is 2.63. The molecule has 0 heterocycles. The van der Waals surface area contributed by atoms with E-state index in [9.17, 15) is 9.59 Å². The Kier molecular flexibility index (Phi) is 6.89. The van der Waals surface area contributed by atoms with Gasteiger partial charge in [0.2, 0.25) is 0 Å². The summed E-state index contributed by atoms with van der Waals surface area (Å²) in [5.41, 5.74) is 0.548. The summed E-state index contributed by atoms with van der Waals surface area (Å²) in [6.07, 6.45) is 0. The second kappa shape index (κ2) is 8.41. The van der Waals surface area contributed by atoms with E-state index in [2.05, 4.69) is 5.32 Å². The first-order valence-corrected chi connectivity index (χ1v) is 7.57. The van der Waals surface area contributed by atoms with Crippen LogP contribution >= 0.6 is 0 Å². The Morgan fingerprint density at radius 3 is 2.23 bits per heavy atom. The number of carbonyl (C=O) groups is 2. The van der Waals surface area contributed by atoms with Crippen LogP contribution in [0.15, 0.2) is 24.3 Å². The SMILES string of the molecule is COc1cccc(NC(=O)C(=O)N(CC(C)C)CC(C)C)c1. The third-order valence-corrected chi connectivity index (χ3v) is 2.98. The number of carbonyl (C=O) groups excluding carboxylic acids is 2. The van der Waals surface area contributed by atoms with Gasteiger partial charge >= 0.3 is 11.8 Å². The first-order chi connectivity index (χ1) is 10.3. The van der Waals surface area contributed by atoms with Crippen molar-refractivity contribution in [2.45, 2.75) is 27.7 Å². The third-order valence-electron chi connectivity index (χ3n) is 2.98.